The molecule has 3 aromatic rings. The predicted octanol–water partition coefficient (Wildman–Crippen LogP) is 3.52. The number of benzene rings is 1. The van der Waals surface area contributed by atoms with Crippen molar-refractivity contribution in [3.63, 3.8) is 0 Å². The van der Waals surface area contributed by atoms with Crippen molar-refractivity contribution in [2.75, 3.05) is 0 Å². The van der Waals surface area contributed by atoms with Crippen LogP contribution in [0.3, 0.4) is 0 Å². The smallest absolute Gasteiger partial charge is 0.550 e. The molecule has 0 spiro atoms. The van der Waals surface area contributed by atoms with E-state index in [4.69, 9.17) is 20.6 Å². The van der Waals surface area contributed by atoms with Gasteiger partial charge in [0.05, 0.1) is 5.69 Å². The zero-order valence-corrected chi connectivity index (χ0v) is 26.2. The van der Waals surface area contributed by atoms with Crippen molar-refractivity contribution >= 4 is 23.4 Å². The van der Waals surface area contributed by atoms with E-state index >= 15 is 0 Å². The molecule has 1 atom stereocenters. The molecular formula is C29H32ClF2N2NaO5. The van der Waals surface area contributed by atoms with E-state index < -0.39 is 35.4 Å². The van der Waals surface area contributed by atoms with Gasteiger partial charge in [-0.25, -0.2) is 0 Å². The third-order valence-electron chi connectivity index (χ3n) is 6.75. The minimum atomic E-state index is -3.23. The molecule has 7 nitrogen and oxygen atoms in total. The van der Waals surface area contributed by atoms with Gasteiger partial charge in [-0.15, -0.1) is 0 Å². The number of carboxylic acid groups (broad SMARTS) is 1. The Morgan fingerprint density at radius 1 is 1.15 bits per heavy atom. The first-order chi connectivity index (χ1) is 18.2. The number of carbonyl (C=O) groups excluding carboxylic acids is 2. The Morgan fingerprint density at radius 3 is 2.45 bits per heavy atom. The van der Waals surface area contributed by atoms with E-state index in [-0.39, 0.29) is 78.4 Å². The van der Waals surface area contributed by atoms with Gasteiger partial charge in [-0.3, -0.25) is 4.79 Å². The Balaban J connectivity index is 0.00000441. The van der Waals surface area contributed by atoms with Crippen molar-refractivity contribution in [2.45, 2.75) is 90.4 Å². The molecule has 1 aliphatic rings. The van der Waals surface area contributed by atoms with Gasteiger partial charge in [0, 0.05) is 47.8 Å². The normalized spacial score (nSPS) is 14.6. The van der Waals surface area contributed by atoms with Crippen LogP contribution in [0, 0.1) is 12.3 Å². The van der Waals surface area contributed by atoms with Gasteiger partial charge in [-0.1, -0.05) is 54.8 Å². The molecule has 1 aromatic carbocycles. The fourth-order valence-electron chi connectivity index (χ4n) is 4.85. The summed E-state index contributed by atoms with van der Waals surface area (Å²) in [4.78, 5) is 24.4. The Bertz CT molecular complexity index is 1360. The van der Waals surface area contributed by atoms with Crippen molar-refractivity contribution in [3.05, 3.63) is 57.4 Å². The summed E-state index contributed by atoms with van der Waals surface area (Å²) in [7, 11) is 0. The average molecular weight is 585 g/mol. The number of Topliss-reactive ketones (excluding diaryl/α,β-unsaturated/α-hetero) is 1. The maximum absolute atomic E-state index is 14.8. The molecule has 0 unspecified atom stereocenters. The summed E-state index contributed by atoms with van der Waals surface area (Å²) in [6.07, 6.45) is 1.15. The van der Waals surface area contributed by atoms with Gasteiger partial charge < -0.3 is 18.9 Å². The van der Waals surface area contributed by atoms with Crippen LogP contribution in [0.15, 0.2) is 33.3 Å². The molecule has 0 N–H and O–H groups in total. The molecule has 0 saturated heterocycles. The number of rotatable bonds is 12. The summed E-state index contributed by atoms with van der Waals surface area (Å²) >= 11 is 6.31. The van der Waals surface area contributed by atoms with Crippen LogP contribution in [0.4, 0.5) is 8.78 Å². The fourth-order valence-corrected chi connectivity index (χ4v) is 5.15. The van der Waals surface area contributed by atoms with Gasteiger partial charge in [-0.2, -0.15) is 8.78 Å². The average Bonchev–Trinajstić information content (AvgIpc) is 3.34. The topological polar surface area (TPSA) is 109 Å². The Kier molecular flexibility index (Phi) is 10.4. The van der Waals surface area contributed by atoms with Crippen LogP contribution in [-0.4, -0.2) is 22.1 Å². The minimum Gasteiger partial charge on any atom is -0.550 e. The van der Waals surface area contributed by atoms with E-state index in [1.807, 2.05) is 13.0 Å². The molecule has 2 aromatic heterocycles. The van der Waals surface area contributed by atoms with E-state index in [9.17, 15) is 23.5 Å². The molecular weight excluding hydrogens is 553 g/mol. The monoisotopic (exact) mass is 584 g/mol. The molecule has 4 rings (SSSR count). The van der Waals surface area contributed by atoms with Gasteiger partial charge in [0.2, 0.25) is 5.76 Å². The quantitative estimate of drug-likeness (QED) is 0.300. The maximum atomic E-state index is 14.8. The van der Waals surface area contributed by atoms with Gasteiger partial charge in [0.1, 0.15) is 5.78 Å². The van der Waals surface area contributed by atoms with Crippen LogP contribution >= 0.6 is 11.6 Å². The number of halogens is 3. The van der Waals surface area contributed by atoms with E-state index in [1.54, 1.807) is 32.9 Å². The molecule has 40 heavy (non-hydrogen) atoms. The van der Waals surface area contributed by atoms with Crippen molar-refractivity contribution in [1.29, 1.82) is 0 Å². The zero-order valence-electron chi connectivity index (χ0n) is 23.5. The molecule has 0 radical (unpaired) electrons. The molecule has 210 valence electrons. The number of aryl methyl sites for hydroxylation is 1. The SMILES string of the molecule is Cc1ccc(CC(=O)C[C@H](CCC(=O)[O-])c2noc(-c3cc(C(F)(F)CC(C)(C)C)on3)c2C2CC2)c(Cl)c1.[Na+]. The van der Waals surface area contributed by atoms with Gasteiger partial charge in [0.15, 0.2) is 11.5 Å². The molecule has 11 heteroatoms. The molecule has 1 aliphatic carbocycles. The largest absolute Gasteiger partial charge is 1.00 e. The van der Waals surface area contributed by atoms with Crippen molar-refractivity contribution in [3.8, 4) is 11.5 Å². The van der Waals surface area contributed by atoms with Crippen LogP contribution in [-0.2, 0) is 21.9 Å². The Morgan fingerprint density at radius 2 is 1.85 bits per heavy atom. The van der Waals surface area contributed by atoms with Gasteiger partial charge in [-0.05, 0) is 61.1 Å². The summed E-state index contributed by atoms with van der Waals surface area (Å²) in [5, 5.41) is 19.9. The fraction of sp³-hybridized carbons (Fsp3) is 0.517. The van der Waals surface area contributed by atoms with Crippen LogP contribution in [0.1, 0.15) is 99.3 Å². The summed E-state index contributed by atoms with van der Waals surface area (Å²) in [6.45, 7) is 7.05. The molecule has 0 aliphatic heterocycles. The van der Waals surface area contributed by atoms with Crippen LogP contribution in [0.2, 0.25) is 5.02 Å². The van der Waals surface area contributed by atoms with E-state index in [1.165, 1.54) is 6.07 Å². The zero-order chi connectivity index (χ0) is 28.5. The van der Waals surface area contributed by atoms with Crippen molar-refractivity contribution < 1.29 is 62.1 Å². The standard InChI is InChI=1S/C29H33ClF2N2O5.Na/c1-16-5-6-18(21(30)11-16)12-20(35)13-19(9-10-24(36)37)26-25(17-7-8-17)27(39-34-26)22-14-23(38-33-22)29(31,32)15-28(2,3)4;/h5-6,11,14,17,19H,7-10,12-13,15H2,1-4H3,(H,36,37);/q;+1/p-1/t19-;/m0./s1. The van der Waals surface area contributed by atoms with Crippen LogP contribution in [0.5, 0.6) is 0 Å². The van der Waals surface area contributed by atoms with Crippen LogP contribution < -0.4 is 34.7 Å². The second kappa shape index (κ2) is 12.8. The number of nitrogens with zero attached hydrogens (tertiary/aromatic N) is 2. The summed E-state index contributed by atoms with van der Waals surface area (Å²) in [5.41, 5.74) is 2.22. The molecule has 0 bridgehead atoms. The third kappa shape index (κ3) is 8.24. The number of carboxylic acids is 1. The Labute approximate surface area is 259 Å². The number of hydrogen-bond donors (Lipinski definition) is 0. The number of hydrogen-bond acceptors (Lipinski definition) is 7. The van der Waals surface area contributed by atoms with Crippen molar-refractivity contribution in [1.82, 2.24) is 10.3 Å². The molecule has 1 fully saturated rings. The van der Waals surface area contributed by atoms with Crippen molar-refractivity contribution in [2.24, 2.45) is 5.41 Å². The van der Waals surface area contributed by atoms with Gasteiger partial charge >= 0.3 is 35.5 Å². The second-order valence-electron chi connectivity index (χ2n) is 11.7. The maximum Gasteiger partial charge on any atom is 1.00 e. The molecule has 0 amide bonds. The summed E-state index contributed by atoms with van der Waals surface area (Å²) in [6, 6.07) is 6.62. The third-order valence-corrected chi connectivity index (χ3v) is 7.10. The van der Waals surface area contributed by atoms with Crippen LogP contribution in [0.25, 0.3) is 11.5 Å². The number of carbonyl (C=O) groups is 2. The second-order valence-corrected chi connectivity index (χ2v) is 12.1. The van der Waals surface area contributed by atoms with E-state index in [0.29, 0.717) is 21.8 Å². The van der Waals surface area contributed by atoms with E-state index in [2.05, 4.69) is 10.3 Å². The number of aromatic nitrogens is 2. The predicted molar refractivity (Wildman–Crippen MR) is 138 cm³/mol. The number of aliphatic carboxylic acids is 1. The first-order valence-corrected chi connectivity index (χ1v) is 13.4. The molecule has 1 saturated carbocycles. The number of ketones is 1. The summed E-state index contributed by atoms with van der Waals surface area (Å²) < 4.78 is 40.4. The summed E-state index contributed by atoms with van der Waals surface area (Å²) in [5.74, 6) is -5.49. The first kappa shape index (κ1) is 32.4. The Hall–Kier alpha value is -2.07. The minimum absolute atomic E-state index is 0. The first-order valence-electron chi connectivity index (χ1n) is 13.0. The molecule has 2 heterocycles. The van der Waals surface area contributed by atoms with E-state index in [0.717, 1.165) is 18.4 Å². The number of alkyl halides is 2. The van der Waals surface area contributed by atoms with Gasteiger partial charge in [0.25, 0.3) is 0 Å².